The van der Waals surface area contributed by atoms with E-state index in [9.17, 15) is 0 Å². The van der Waals surface area contributed by atoms with E-state index in [-0.39, 0.29) is 5.54 Å². The number of nitrogens with two attached hydrogens (primary N) is 1. The molecule has 5 heteroatoms. The van der Waals surface area contributed by atoms with E-state index in [1.54, 1.807) is 0 Å². The summed E-state index contributed by atoms with van der Waals surface area (Å²) in [5.41, 5.74) is 6.12. The van der Waals surface area contributed by atoms with Crippen molar-refractivity contribution >= 4 is 11.6 Å². The number of nitrogens with one attached hydrogen (secondary N) is 1. The minimum Gasteiger partial charge on any atom is -0.384 e. The molecule has 1 aliphatic carbocycles. The van der Waals surface area contributed by atoms with Gasteiger partial charge in [0.25, 0.3) is 0 Å². The summed E-state index contributed by atoms with van der Waals surface area (Å²) in [7, 11) is 4.34. The van der Waals surface area contributed by atoms with Crippen LogP contribution < -0.4 is 11.1 Å². The smallest absolute Gasteiger partial charge is 0.133 e. The second-order valence-corrected chi connectivity index (χ2v) is 6.02. The Balaban J connectivity index is 2.06. The monoisotopic (exact) mass is 277 g/mol. The molecule has 5 nitrogen and oxygen atoms in total. The summed E-state index contributed by atoms with van der Waals surface area (Å²) in [6.07, 6.45) is 7.02. The summed E-state index contributed by atoms with van der Waals surface area (Å²) in [5, 5.41) is 3.48. The van der Waals surface area contributed by atoms with E-state index >= 15 is 0 Å². The van der Waals surface area contributed by atoms with Gasteiger partial charge in [0.15, 0.2) is 0 Å². The first-order valence-corrected chi connectivity index (χ1v) is 7.60. The minimum absolute atomic E-state index is 0.255. The van der Waals surface area contributed by atoms with Gasteiger partial charge in [-0.05, 0) is 33.4 Å². The first-order valence-electron chi connectivity index (χ1n) is 7.60. The molecule has 0 aromatic carbocycles. The molecule has 0 aliphatic heterocycles. The van der Waals surface area contributed by atoms with E-state index in [2.05, 4.69) is 41.2 Å². The quantitative estimate of drug-likeness (QED) is 0.835. The zero-order valence-corrected chi connectivity index (χ0v) is 12.9. The molecule has 0 atom stereocenters. The van der Waals surface area contributed by atoms with Gasteiger partial charge in [-0.1, -0.05) is 19.8 Å². The molecule has 0 unspecified atom stereocenters. The summed E-state index contributed by atoms with van der Waals surface area (Å²) >= 11 is 0. The topological polar surface area (TPSA) is 67.1 Å². The lowest BCUT2D eigenvalue weighted by molar-refractivity contribution is 0.172. The summed E-state index contributed by atoms with van der Waals surface area (Å²) in [5.74, 6) is 2.24. The Kier molecular flexibility index (Phi) is 4.81. The molecule has 0 radical (unpaired) electrons. The van der Waals surface area contributed by atoms with Crippen molar-refractivity contribution in [1.29, 1.82) is 0 Å². The predicted octanol–water partition coefficient (Wildman–Crippen LogP) is 2.30. The maximum Gasteiger partial charge on any atom is 0.133 e. The highest BCUT2D eigenvalue weighted by molar-refractivity contribution is 5.45. The van der Waals surface area contributed by atoms with Crippen molar-refractivity contribution in [2.75, 3.05) is 31.7 Å². The van der Waals surface area contributed by atoms with Gasteiger partial charge in [-0.3, -0.25) is 0 Å². The number of aryl methyl sites for hydroxylation is 1. The number of hydrogen-bond donors (Lipinski definition) is 2. The zero-order chi connectivity index (χ0) is 14.6. The fraction of sp³-hybridized carbons (Fsp3) is 0.733. The van der Waals surface area contributed by atoms with Crippen molar-refractivity contribution in [3.63, 3.8) is 0 Å². The van der Waals surface area contributed by atoms with Crippen LogP contribution in [-0.4, -0.2) is 41.0 Å². The molecule has 1 saturated carbocycles. The maximum absolute atomic E-state index is 5.86. The largest absolute Gasteiger partial charge is 0.384 e. The maximum atomic E-state index is 5.86. The first kappa shape index (κ1) is 15.0. The van der Waals surface area contributed by atoms with Crippen LogP contribution in [0, 0.1) is 0 Å². The van der Waals surface area contributed by atoms with Crippen LogP contribution in [-0.2, 0) is 6.42 Å². The van der Waals surface area contributed by atoms with Crippen LogP contribution in [0.4, 0.5) is 11.6 Å². The SMILES string of the molecule is CCCc1nc(N)cc(NCC2(N(C)C)CCCC2)n1. The molecule has 112 valence electrons. The molecule has 1 aliphatic rings. The minimum atomic E-state index is 0.255. The molecule has 0 spiro atoms. The van der Waals surface area contributed by atoms with E-state index in [0.29, 0.717) is 5.82 Å². The third-order valence-electron chi connectivity index (χ3n) is 4.35. The lowest BCUT2D eigenvalue weighted by atomic mass is 9.96. The van der Waals surface area contributed by atoms with Gasteiger partial charge in [-0.2, -0.15) is 0 Å². The van der Waals surface area contributed by atoms with Crippen LogP contribution in [0.2, 0.25) is 0 Å². The highest BCUT2D eigenvalue weighted by atomic mass is 15.2. The molecule has 3 N–H and O–H groups in total. The third kappa shape index (κ3) is 3.39. The van der Waals surface area contributed by atoms with Crippen molar-refractivity contribution < 1.29 is 0 Å². The standard InChI is InChI=1S/C15H27N5/c1-4-7-13-18-12(16)10-14(19-13)17-11-15(20(2)3)8-5-6-9-15/h10H,4-9,11H2,1-3H3,(H3,16,17,18,19). The Morgan fingerprint density at radius 1 is 1.30 bits per heavy atom. The number of anilines is 2. The molecule has 1 heterocycles. The Bertz CT molecular complexity index is 438. The van der Waals surface area contributed by atoms with Gasteiger partial charge in [-0.15, -0.1) is 0 Å². The Morgan fingerprint density at radius 3 is 2.60 bits per heavy atom. The van der Waals surface area contributed by atoms with Crippen LogP contribution in [0.25, 0.3) is 0 Å². The van der Waals surface area contributed by atoms with Crippen LogP contribution >= 0.6 is 0 Å². The first-order chi connectivity index (χ1) is 9.55. The molecular formula is C15H27N5. The summed E-state index contributed by atoms with van der Waals surface area (Å²) in [6.45, 7) is 3.04. The lowest BCUT2D eigenvalue weighted by Gasteiger charge is -2.36. The number of likely N-dealkylation sites (N-methyl/N-ethyl adjacent to an activating group) is 1. The number of rotatable bonds is 6. The molecule has 0 bridgehead atoms. The molecule has 1 aromatic heterocycles. The van der Waals surface area contributed by atoms with E-state index in [1.165, 1.54) is 25.7 Å². The predicted molar refractivity (Wildman–Crippen MR) is 83.8 cm³/mol. The highest BCUT2D eigenvalue weighted by Gasteiger charge is 2.35. The molecular weight excluding hydrogens is 250 g/mol. The van der Waals surface area contributed by atoms with Gasteiger partial charge in [0, 0.05) is 24.6 Å². The van der Waals surface area contributed by atoms with Gasteiger partial charge in [0.1, 0.15) is 17.5 Å². The van der Waals surface area contributed by atoms with Crippen molar-refractivity contribution in [1.82, 2.24) is 14.9 Å². The van der Waals surface area contributed by atoms with E-state index < -0.39 is 0 Å². The van der Waals surface area contributed by atoms with E-state index in [1.807, 2.05) is 6.07 Å². The molecule has 0 saturated heterocycles. The molecule has 1 aromatic rings. The second-order valence-electron chi connectivity index (χ2n) is 6.02. The summed E-state index contributed by atoms with van der Waals surface area (Å²) < 4.78 is 0. The van der Waals surface area contributed by atoms with Crippen molar-refractivity contribution in [2.45, 2.75) is 51.0 Å². The number of nitrogens with zero attached hydrogens (tertiary/aromatic N) is 3. The van der Waals surface area contributed by atoms with Crippen LogP contribution in [0.15, 0.2) is 6.07 Å². The molecule has 1 fully saturated rings. The number of nitrogen functional groups attached to an aromatic ring is 1. The van der Waals surface area contributed by atoms with Crippen molar-refractivity contribution in [3.05, 3.63) is 11.9 Å². The van der Waals surface area contributed by atoms with Gasteiger partial charge in [-0.25, -0.2) is 9.97 Å². The van der Waals surface area contributed by atoms with Crippen molar-refractivity contribution in [2.24, 2.45) is 0 Å². The highest BCUT2D eigenvalue weighted by Crippen LogP contribution is 2.33. The summed E-state index contributed by atoms with van der Waals surface area (Å²) in [4.78, 5) is 11.2. The zero-order valence-electron chi connectivity index (χ0n) is 12.9. The van der Waals surface area contributed by atoms with Gasteiger partial charge < -0.3 is 16.0 Å². The van der Waals surface area contributed by atoms with Crippen LogP contribution in [0.1, 0.15) is 44.9 Å². The second kappa shape index (κ2) is 6.39. The fourth-order valence-electron chi connectivity index (χ4n) is 3.01. The average molecular weight is 277 g/mol. The normalized spacial score (nSPS) is 17.6. The average Bonchev–Trinajstić information content (AvgIpc) is 2.86. The summed E-state index contributed by atoms with van der Waals surface area (Å²) in [6, 6.07) is 1.83. The van der Waals surface area contributed by atoms with Crippen LogP contribution in [0.5, 0.6) is 0 Å². The van der Waals surface area contributed by atoms with Gasteiger partial charge in [0.05, 0.1) is 0 Å². The number of aromatic nitrogens is 2. The van der Waals surface area contributed by atoms with Crippen LogP contribution in [0.3, 0.4) is 0 Å². The van der Waals surface area contributed by atoms with E-state index in [0.717, 1.165) is 31.0 Å². The Morgan fingerprint density at radius 2 is 2.00 bits per heavy atom. The van der Waals surface area contributed by atoms with E-state index in [4.69, 9.17) is 5.73 Å². The molecule has 2 rings (SSSR count). The molecule has 0 amide bonds. The number of hydrogen-bond acceptors (Lipinski definition) is 5. The molecule has 20 heavy (non-hydrogen) atoms. The lowest BCUT2D eigenvalue weighted by Crippen LogP contribution is -2.47. The van der Waals surface area contributed by atoms with Gasteiger partial charge in [0.2, 0.25) is 0 Å². The fourth-order valence-corrected chi connectivity index (χ4v) is 3.01. The van der Waals surface area contributed by atoms with Gasteiger partial charge >= 0.3 is 0 Å². The Labute approximate surface area is 122 Å². The third-order valence-corrected chi connectivity index (χ3v) is 4.35. The van der Waals surface area contributed by atoms with Crippen molar-refractivity contribution in [3.8, 4) is 0 Å². The Hall–Kier alpha value is -1.36.